The Kier molecular flexibility index (Phi) is 4.67. The minimum atomic E-state index is -3.89. The maximum Gasteiger partial charge on any atom is 0.488 e. The van der Waals surface area contributed by atoms with E-state index in [9.17, 15) is 13.5 Å². The molecule has 0 atom stereocenters. The average molecular weight is 301 g/mol. The number of aliphatic hydroxyl groups is 1. The third kappa shape index (κ3) is 3.80. The summed E-state index contributed by atoms with van der Waals surface area (Å²) in [6.07, 6.45) is 0. The largest absolute Gasteiger partial charge is 0.488 e. The molecule has 0 aliphatic carbocycles. The molecule has 0 bridgehead atoms. The molecule has 1 aromatic rings. The first-order valence-corrected chi connectivity index (χ1v) is 7.57. The lowest BCUT2D eigenvalue weighted by Crippen LogP contribution is -2.57. The molecular weight excluding hydrogens is 281 g/mol. The van der Waals surface area contributed by atoms with Gasteiger partial charge in [-0.15, -0.1) is 0 Å². The van der Waals surface area contributed by atoms with E-state index in [1.807, 2.05) is 0 Å². The molecule has 112 valence electrons. The van der Waals surface area contributed by atoms with E-state index in [1.54, 1.807) is 13.8 Å². The van der Waals surface area contributed by atoms with Gasteiger partial charge in [0, 0.05) is 0 Å². The second kappa shape index (κ2) is 5.46. The molecule has 0 radical (unpaired) electrons. The molecule has 1 aromatic carbocycles. The summed E-state index contributed by atoms with van der Waals surface area (Å²) in [6, 6.07) is 5.34. The van der Waals surface area contributed by atoms with Crippen molar-refractivity contribution < 1.29 is 23.6 Å². The number of rotatable bonds is 5. The Balaban J connectivity index is 3.16. The van der Waals surface area contributed by atoms with Crippen LogP contribution in [-0.4, -0.2) is 41.8 Å². The Labute approximate surface area is 119 Å². The van der Waals surface area contributed by atoms with Crippen LogP contribution in [0.2, 0.25) is 0 Å². The molecule has 6 nitrogen and oxygen atoms in total. The van der Waals surface area contributed by atoms with E-state index < -0.39 is 28.3 Å². The van der Waals surface area contributed by atoms with Crippen molar-refractivity contribution in [2.75, 3.05) is 0 Å². The third-order valence-electron chi connectivity index (χ3n) is 3.39. The minimum Gasteiger partial charge on any atom is -0.423 e. The number of benzene rings is 1. The summed E-state index contributed by atoms with van der Waals surface area (Å²) in [5, 5.41) is 28.1. The SMILES string of the molecule is CC(C)(O)C(C)(C)NS(=O)(=O)c1cccc(B(O)O)c1. The van der Waals surface area contributed by atoms with Gasteiger partial charge in [0.2, 0.25) is 10.0 Å². The van der Waals surface area contributed by atoms with Crippen LogP contribution in [0.15, 0.2) is 29.2 Å². The second-order valence-electron chi connectivity index (χ2n) is 5.74. The Bertz CT molecular complexity index is 578. The van der Waals surface area contributed by atoms with Gasteiger partial charge in [0.05, 0.1) is 16.0 Å². The van der Waals surface area contributed by atoms with E-state index in [0.717, 1.165) is 0 Å². The third-order valence-corrected chi connectivity index (χ3v) is 5.04. The second-order valence-corrected chi connectivity index (χ2v) is 7.42. The van der Waals surface area contributed by atoms with Gasteiger partial charge in [-0.2, -0.15) is 0 Å². The summed E-state index contributed by atoms with van der Waals surface area (Å²) in [5.41, 5.74) is -2.29. The van der Waals surface area contributed by atoms with Gasteiger partial charge in [-0.1, -0.05) is 12.1 Å². The number of hydrogen-bond donors (Lipinski definition) is 4. The zero-order chi connectivity index (χ0) is 15.8. The summed E-state index contributed by atoms with van der Waals surface area (Å²) in [7, 11) is -5.63. The van der Waals surface area contributed by atoms with Crippen LogP contribution in [0.5, 0.6) is 0 Å². The lowest BCUT2D eigenvalue weighted by Gasteiger charge is -2.37. The minimum absolute atomic E-state index is 0.0777. The first-order chi connectivity index (χ1) is 8.87. The van der Waals surface area contributed by atoms with Gasteiger partial charge in [0.15, 0.2) is 0 Å². The van der Waals surface area contributed by atoms with Gasteiger partial charge in [0.1, 0.15) is 0 Å². The molecule has 4 N–H and O–H groups in total. The number of hydrogen-bond acceptors (Lipinski definition) is 5. The maximum atomic E-state index is 12.3. The molecule has 0 saturated heterocycles. The summed E-state index contributed by atoms with van der Waals surface area (Å²) >= 11 is 0. The van der Waals surface area contributed by atoms with Gasteiger partial charge >= 0.3 is 7.12 Å². The molecule has 0 heterocycles. The highest BCUT2D eigenvalue weighted by atomic mass is 32.2. The fourth-order valence-electron chi connectivity index (χ4n) is 1.36. The van der Waals surface area contributed by atoms with Gasteiger partial charge in [-0.25, -0.2) is 13.1 Å². The summed E-state index contributed by atoms with van der Waals surface area (Å²) < 4.78 is 27.0. The highest BCUT2D eigenvalue weighted by Crippen LogP contribution is 2.23. The lowest BCUT2D eigenvalue weighted by molar-refractivity contribution is 0.00639. The van der Waals surface area contributed by atoms with Crippen LogP contribution in [0, 0.1) is 0 Å². The van der Waals surface area contributed by atoms with Gasteiger partial charge in [-0.3, -0.25) is 0 Å². The molecule has 1 rings (SSSR count). The molecule has 0 saturated carbocycles. The van der Waals surface area contributed by atoms with Crippen LogP contribution in [-0.2, 0) is 10.0 Å². The topological polar surface area (TPSA) is 107 Å². The van der Waals surface area contributed by atoms with Gasteiger partial charge in [0.25, 0.3) is 0 Å². The van der Waals surface area contributed by atoms with Crippen molar-refractivity contribution in [1.82, 2.24) is 4.72 Å². The molecular formula is C12H20BNO5S. The average Bonchev–Trinajstić information content (AvgIpc) is 2.26. The van der Waals surface area contributed by atoms with Crippen LogP contribution < -0.4 is 10.2 Å². The number of nitrogens with one attached hydrogen (secondary N) is 1. The Hall–Kier alpha value is -0.925. The molecule has 0 amide bonds. The molecule has 0 aliphatic heterocycles. The Morgan fingerprint density at radius 3 is 2.15 bits per heavy atom. The molecule has 0 unspecified atom stereocenters. The van der Waals surface area contributed by atoms with Crippen molar-refractivity contribution in [2.24, 2.45) is 0 Å². The summed E-state index contributed by atoms with van der Waals surface area (Å²) in [6.45, 7) is 6.14. The van der Waals surface area contributed by atoms with Crippen LogP contribution in [0.3, 0.4) is 0 Å². The molecule has 20 heavy (non-hydrogen) atoms. The van der Waals surface area contributed by atoms with Gasteiger partial charge in [-0.05, 0) is 45.3 Å². The fraction of sp³-hybridized carbons (Fsp3) is 0.500. The summed E-state index contributed by atoms with van der Waals surface area (Å²) in [5.74, 6) is 0. The van der Waals surface area contributed by atoms with Crippen LogP contribution in [0.1, 0.15) is 27.7 Å². The first-order valence-electron chi connectivity index (χ1n) is 6.09. The van der Waals surface area contributed by atoms with E-state index >= 15 is 0 Å². The normalized spacial score (nSPS) is 13.3. The van der Waals surface area contributed by atoms with Crippen molar-refractivity contribution in [1.29, 1.82) is 0 Å². The molecule has 0 aliphatic rings. The van der Waals surface area contributed by atoms with E-state index in [0.29, 0.717) is 0 Å². The van der Waals surface area contributed by atoms with E-state index in [2.05, 4.69) is 4.72 Å². The molecule has 0 spiro atoms. The van der Waals surface area contributed by atoms with E-state index in [4.69, 9.17) is 10.0 Å². The Morgan fingerprint density at radius 2 is 1.70 bits per heavy atom. The van der Waals surface area contributed by atoms with E-state index in [-0.39, 0.29) is 10.4 Å². The zero-order valence-corrected chi connectivity index (χ0v) is 12.8. The Morgan fingerprint density at radius 1 is 1.15 bits per heavy atom. The number of sulfonamides is 1. The summed E-state index contributed by atoms with van der Waals surface area (Å²) in [4.78, 5) is -0.0968. The standard InChI is InChI=1S/C12H20BNO5S/c1-11(2,12(3,4)15)14-20(18,19)10-7-5-6-9(8-10)13(16)17/h5-8,14-17H,1-4H3. The van der Waals surface area contributed by atoms with Gasteiger partial charge < -0.3 is 15.2 Å². The lowest BCUT2D eigenvalue weighted by atomic mass is 9.80. The predicted molar refractivity (Wildman–Crippen MR) is 77.0 cm³/mol. The fourth-order valence-corrected chi connectivity index (χ4v) is 2.95. The highest BCUT2D eigenvalue weighted by molar-refractivity contribution is 7.89. The van der Waals surface area contributed by atoms with Crippen molar-refractivity contribution in [2.45, 2.75) is 43.7 Å². The van der Waals surface area contributed by atoms with Crippen LogP contribution >= 0.6 is 0 Å². The van der Waals surface area contributed by atoms with E-state index in [1.165, 1.54) is 38.1 Å². The van der Waals surface area contributed by atoms with Crippen molar-refractivity contribution in [3.63, 3.8) is 0 Å². The molecule has 0 fully saturated rings. The predicted octanol–water partition coefficient (Wildman–Crippen LogP) is -0.806. The molecule has 0 aromatic heterocycles. The van der Waals surface area contributed by atoms with Crippen molar-refractivity contribution >= 4 is 22.6 Å². The van der Waals surface area contributed by atoms with Crippen LogP contribution in [0.4, 0.5) is 0 Å². The first kappa shape index (κ1) is 17.1. The smallest absolute Gasteiger partial charge is 0.423 e. The maximum absolute atomic E-state index is 12.3. The zero-order valence-electron chi connectivity index (χ0n) is 12.0. The van der Waals surface area contributed by atoms with Crippen LogP contribution in [0.25, 0.3) is 0 Å². The quantitative estimate of drug-likeness (QED) is 0.532. The molecule has 8 heteroatoms. The highest BCUT2D eigenvalue weighted by Gasteiger charge is 2.38. The van der Waals surface area contributed by atoms with Crippen molar-refractivity contribution in [3.05, 3.63) is 24.3 Å². The van der Waals surface area contributed by atoms with Crippen molar-refractivity contribution in [3.8, 4) is 0 Å². The monoisotopic (exact) mass is 301 g/mol.